The Kier molecular flexibility index (Phi) is 5.68. The number of hydrogen-bond donors (Lipinski definition) is 1. The maximum absolute atomic E-state index is 12.3. The van der Waals surface area contributed by atoms with Gasteiger partial charge in [0.15, 0.2) is 0 Å². The van der Waals surface area contributed by atoms with Gasteiger partial charge in [-0.25, -0.2) is 4.98 Å². The average molecular weight is 330 g/mol. The van der Waals surface area contributed by atoms with E-state index in [0.29, 0.717) is 11.6 Å². The van der Waals surface area contributed by atoms with Gasteiger partial charge in [0.1, 0.15) is 5.69 Å². The van der Waals surface area contributed by atoms with Crippen LogP contribution in [0.3, 0.4) is 0 Å². The molecule has 7 nitrogen and oxygen atoms in total. The predicted octanol–water partition coefficient (Wildman–Crippen LogP) is 3.34. The molecule has 1 N–H and O–H groups in total. The summed E-state index contributed by atoms with van der Waals surface area (Å²) in [4.78, 5) is 27.1. The van der Waals surface area contributed by atoms with E-state index in [1.807, 2.05) is 6.92 Å². The van der Waals surface area contributed by atoms with E-state index in [1.54, 1.807) is 29.1 Å². The molecule has 7 heteroatoms. The zero-order valence-electron chi connectivity index (χ0n) is 14.1. The van der Waals surface area contributed by atoms with Gasteiger partial charge in [-0.05, 0) is 37.8 Å². The molecular weight excluding hydrogens is 308 g/mol. The van der Waals surface area contributed by atoms with Crippen molar-refractivity contribution in [1.29, 1.82) is 0 Å². The number of nitro groups is 1. The van der Waals surface area contributed by atoms with Crippen LogP contribution in [0, 0.1) is 16.0 Å². The van der Waals surface area contributed by atoms with E-state index in [1.165, 1.54) is 12.4 Å². The minimum atomic E-state index is -0.492. The van der Waals surface area contributed by atoms with Gasteiger partial charge >= 0.3 is 0 Å². The smallest absolute Gasteiger partial charge is 0.294 e. The highest BCUT2D eigenvalue weighted by molar-refractivity contribution is 5.95. The first-order valence-corrected chi connectivity index (χ1v) is 7.96. The third kappa shape index (κ3) is 4.41. The summed E-state index contributed by atoms with van der Waals surface area (Å²) in [6, 6.07) is 4.48. The van der Waals surface area contributed by atoms with Crippen LogP contribution in [0.2, 0.25) is 0 Å². The Hall–Kier alpha value is -2.70. The highest BCUT2D eigenvalue weighted by atomic mass is 16.6. The van der Waals surface area contributed by atoms with E-state index >= 15 is 0 Å². The number of carbonyl (C=O) groups excluding carboxylic acids is 1. The number of benzene rings is 1. The summed E-state index contributed by atoms with van der Waals surface area (Å²) in [7, 11) is 0. The molecule has 0 spiro atoms. The van der Waals surface area contributed by atoms with Crippen LogP contribution in [0.25, 0.3) is 5.69 Å². The van der Waals surface area contributed by atoms with Crippen molar-refractivity contribution in [2.45, 2.75) is 39.7 Å². The number of carbonyl (C=O) groups is 1. The predicted molar refractivity (Wildman–Crippen MR) is 91.2 cm³/mol. The first-order chi connectivity index (χ1) is 11.4. The number of rotatable bonds is 7. The first kappa shape index (κ1) is 17.7. The van der Waals surface area contributed by atoms with Crippen LogP contribution in [0.15, 0.2) is 36.9 Å². The standard InChI is InChI=1S/C17H22N4O3/c1-12(2)4-5-13(3)19-17(22)14-6-7-15(16(10-14)21(23)24)20-9-8-18-11-20/h6-13H,4-5H2,1-3H3,(H,19,22). The molecule has 0 aliphatic heterocycles. The molecule has 2 rings (SSSR count). The van der Waals surface area contributed by atoms with Crippen molar-refractivity contribution in [1.82, 2.24) is 14.9 Å². The average Bonchev–Trinajstić information content (AvgIpc) is 3.06. The Balaban J connectivity index is 2.18. The van der Waals surface area contributed by atoms with Crippen molar-refractivity contribution in [2.75, 3.05) is 0 Å². The van der Waals surface area contributed by atoms with Gasteiger partial charge in [-0.1, -0.05) is 13.8 Å². The quantitative estimate of drug-likeness (QED) is 0.623. The van der Waals surface area contributed by atoms with Gasteiger partial charge in [0.25, 0.3) is 11.6 Å². The van der Waals surface area contributed by atoms with Crippen LogP contribution in [0.5, 0.6) is 0 Å². The molecule has 0 radical (unpaired) electrons. The molecule has 24 heavy (non-hydrogen) atoms. The van der Waals surface area contributed by atoms with Crippen LogP contribution >= 0.6 is 0 Å². The molecule has 1 unspecified atom stereocenters. The number of amides is 1. The molecule has 1 aromatic carbocycles. The Bertz CT molecular complexity index is 711. The fourth-order valence-electron chi connectivity index (χ4n) is 2.39. The van der Waals surface area contributed by atoms with Gasteiger partial charge in [0.2, 0.25) is 0 Å². The summed E-state index contributed by atoms with van der Waals surface area (Å²) < 4.78 is 1.55. The second kappa shape index (κ2) is 7.72. The topological polar surface area (TPSA) is 90.1 Å². The zero-order chi connectivity index (χ0) is 17.7. The maximum atomic E-state index is 12.3. The number of hydrogen-bond acceptors (Lipinski definition) is 4. The van der Waals surface area contributed by atoms with E-state index in [-0.39, 0.29) is 23.2 Å². The number of imidazole rings is 1. The fraction of sp³-hybridized carbons (Fsp3) is 0.412. The van der Waals surface area contributed by atoms with Gasteiger partial charge in [-0.2, -0.15) is 0 Å². The lowest BCUT2D eigenvalue weighted by molar-refractivity contribution is -0.384. The van der Waals surface area contributed by atoms with Crippen LogP contribution in [0.1, 0.15) is 44.0 Å². The largest absolute Gasteiger partial charge is 0.350 e. The first-order valence-electron chi connectivity index (χ1n) is 7.96. The van der Waals surface area contributed by atoms with Gasteiger partial charge in [-0.15, -0.1) is 0 Å². The second-order valence-corrected chi connectivity index (χ2v) is 6.28. The van der Waals surface area contributed by atoms with Crippen molar-refractivity contribution < 1.29 is 9.72 Å². The minimum Gasteiger partial charge on any atom is -0.350 e. The molecule has 0 aliphatic carbocycles. The van der Waals surface area contributed by atoms with Gasteiger partial charge < -0.3 is 9.88 Å². The molecule has 1 aromatic heterocycles. The molecule has 0 fully saturated rings. The van der Waals surface area contributed by atoms with Gasteiger partial charge in [0, 0.05) is 30.1 Å². The maximum Gasteiger partial charge on any atom is 0.294 e. The SMILES string of the molecule is CC(C)CCC(C)NC(=O)c1ccc(-n2ccnc2)c([N+](=O)[O-])c1. The van der Waals surface area contributed by atoms with Crippen molar-refractivity contribution in [3.05, 3.63) is 52.6 Å². The molecule has 0 aliphatic rings. The van der Waals surface area contributed by atoms with Crippen molar-refractivity contribution >= 4 is 11.6 Å². The Morgan fingerprint density at radius 3 is 2.67 bits per heavy atom. The zero-order valence-corrected chi connectivity index (χ0v) is 14.1. The molecule has 128 valence electrons. The van der Waals surface area contributed by atoms with Gasteiger partial charge in [0.05, 0.1) is 11.3 Å². The molecule has 1 atom stereocenters. The molecule has 0 saturated carbocycles. The summed E-state index contributed by atoms with van der Waals surface area (Å²) in [6.45, 7) is 6.20. The highest BCUT2D eigenvalue weighted by Gasteiger charge is 2.19. The van der Waals surface area contributed by atoms with Crippen LogP contribution in [0.4, 0.5) is 5.69 Å². The summed E-state index contributed by atoms with van der Waals surface area (Å²) >= 11 is 0. The van der Waals surface area contributed by atoms with Crippen LogP contribution in [-0.4, -0.2) is 26.4 Å². The summed E-state index contributed by atoms with van der Waals surface area (Å²) in [5, 5.41) is 14.2. The summed E-state index contributed by atoms with van der Waals surface area (Å²) in [5.74, 6) is 0.270. The third-order valence-corrected chi connectivity index (χ3v) is 3.77. The normalized spacial score (nSPS) is 12.2. The molecular formula is C17H22N4O3. The lowest BCUT2D eigenvalue weighted by Gasteiger charge is -2.15. The number of aromatic nitrogens is 2. The van der Waals surface area contributed by atoms with E-state index < -0.39 is 4.92 Å². The van der Waals surface area contributed by atoms with Crippen molar-refractivity contribution in [3.63, 3.8) is 0 Å². The van der Waals surface area contributed by atoms with E-state index in [9.17, 15) is 14.9 Å². The molecule has 2 aromatic rings. The van der Waals surface area contributed by atoms with E-state index in [4.69, 9.17) is 0 Å². The monoisotopic (exact) mass is 330 g/mol. The number of nitro benzene ring substituents is 1. The number of nitrogens with zero attached hydrogens (tertiary/aromatic N) is 3. The van der Waals surface area contributed by atoms with Crippen molar-refractivity contribution in [2.24, 2.45) is 5.92 Å². The molecule has 1 amide bonds. The highest BCUT2D eigenvalue weighted by Crippen LogP contribution is 2.24. The van der Waals surface area contributed by atoms with E-state index in [0.717, 1.165) is 12.8 Å². The van der Waals surface area contributed by atoms with Crippen molar-refractivity contribution in [3.8, 4) is 5.69 Å². The Morgan fingerprint density at radius 1 is 1.33 bits per heavy atom. The molecule has 0 bridgehead atoms. The fourth-order valence-corrected chi connectivity index (χ4v) is 2.39. The molecule has 1 heterocycles. The lowest BCUT2D eigenvalue weighted by Crippen LogP contribution is -2.32. The lowest BCUT2D eigenvalue weighted by atomic mass is 10.0. The Labute approximate surface area is 140 Å². The van der Waals surface area contributed by atoms with Gasteiger partial charge in [-0.3, -0.25) is 14.9 Å². The number of nitrogens with one attached hydrogen (secondary N) is 1. The minimum absolute atomic E-state index is 0.0206. The third-order valence-electron chi connectivity index (χ3n) is 3.77. The Morgan fingerprint density at radius 2 is 2.08 bits per heavy atom. The summed E-state index contributed by atoms with van der Waals surface area (Å²) in [6.07, 6.45) is 6.53. The summed E-state index contributed by atoms with van der Waals surface area (Å²) in [5.41, 5.74) is 0.527. The van der Waals surface area contributed by atoms with E-state index in [2.05, 4.69) is 24.1 Å². The van der Waals surface area contributed by atoms with Crippen LogP contribution < -0.4 is 5.32 Å². The second-order valence-electron chi connectivity index (χ2n) is 6.28. The van der Waals surface area contributed by atoms with Crippen LogP contribution in [-0.2, 0) is 0 Å². The molecule has 0 saturated heterocycles.